The highest BCUT2D eigenvalue weighted by atomic mass is 32.1. The number of nitrogens with zero attached hydrogens (tertiary/aromatic N) is 6. The van der Waals surface area contributed by atoms with Crippen LogP contribution in [0.15, 0.2) is 41.6 Å². The van der Waals surface area contributed by atoms with Gasteiger partial charge in [-0.15, -0.1) is 0 Å². The molecule has 0 fully saturated rings. The molecule has 0 aliphatic carbocycles. The molecule has 14 heteroatoms. The lowest BCUT2D eigenvalue weighted by atomic mass is 10.2. The molecule has 10 nitrogen and oxygen atoms in total. The Labute approximate surface area is 210 Å². The molecule has 0 radical (unpaired) electrons. The molecule has 5 heterocycles. The molecule has 5 aromatic rings. The predicted octanol–water partition coefficient (Wildman–Crippen LogP) is 3.44. The third kappa shape index (κ3) is 4.23. The molecular weight excluding hydrogens is 511 g/mol. The summed E-state index contributed by atoms with van der Waals surface area (Å²) in [6, 6.07) is 4.33. The van der Waals surface area contributed by atoms with Crippen LogP contribution in [-0.4, -0.2) is 46.2 Å². The zero-order valence-electron chi connectivity index (χ0n) is 19.5. The Hall–Kier alpha value is -4.17. The van der Waals surface area contributed by atoms with E-state index >= 15 is 0 Å². The van der Waals surface area contributed by atoms with Crippen molar-refractivity contribution in [3.63, 3.8) is 0 Å². The summed E-state index contributed by atoms with van der Waals surface area (Å²) in [6.07, 6.45) is -2.53. The zero-order chi connectivity index (χ0) is 26.6. The van der Waals surface area contributed by atoms with Crippen LogP contribution < -0.4 is 11.0 Å². The lowest BCUT2D eigenvalue weighted by Crippen LogP contribution is -2.27. The van der Waals surface area contributed by atoms with Gasteiger partial charge in [-0.1, -0.05) is 11.3 Å². The number of rotatable bonds is 4. The van der Waals surface area contributed by atoms with Gasteiger partial charge in [0.1, 0.15) is 32.8 Å². The maximum Gasteiger partial charge on any atom is 0.418 e. The summed E-state index contributed by atoms with van der Waals surface area (Å²) in [6.45, 7) is 2.97. The second-order valence-corrected chi connectivity index (χ2v) is 9.26. The fraction of sp³-hybridized carbons (Fsp3) is 0.217. The number of thiazole rings is 1. The molecular formula is C23H18F3N7O3S. The highest BCUT2D eigenvalue weighted by Crippen LogP contribution is 2.37. The lowest BCUT2D eigenvalue weighted by Gasteiger charge is -2.15. The summed E-state index contributed by atoms with van der Waals surface area (Å²) in [4.78, 5) is 42.8. The number of imidazole rings is 1. The summed E-state index contributed by atoms with van der Waals surface area (Å²) in [7, 11) is 1.47. The van der Waals surface area contributed by atoms with Gasteiger partial charge in [0.2, 0.25) is 0 Å². The van der Waals surface area contributed by atoms with E-state index < -0.39 is 35.1 Å². The first kappa shape index (κ1) is 24.5. The largest absolute Gasteiger partial charge is 0.418 e. The number of hydrogen-bond donors (Lipinski definition) is 2. The summed E-state index contributed by atoms with van der Waals surface area (Å²) in [5, 5.41) is 12.0. The monoisotopic (exact) mass is 529 g/mol. The SMILES string of the molecule is Cc1ccc(-c2nc3c(ncc4c3n(-c3cc(C(F)(F)F)c(NC(=O)C(C)O)cn3)c(=O)n4C)s2)cn1. The van der Waals surface area contributed by atoms with E-state index in [0.717, 1.165) is 28.9 Å². The number of nitrogens with one attached hydrogen (secondary N) is 1. The minimum absolute atomic E-state index is 0.237. The molecule has 190 valence electrons. The first-order valence-electron chi connectivity index (χ1n) is 10.8. The van der Waals surface area contributed by atoms with Gasteiger partial charge in [-0.3, -0.25) is 14.3 Å². The molecule has 0 saturated heterocycles. The van der Waals surface area contributed by atoms with Gasteiger partial charge in [-0.25, -0.2) is 24.3 Å². The highest BCUT2D eigenvalue weighted by molar-refractivity contribution is 7.21. The van der Waals surface area contributed by atoms with E-state index in [-0.39, 0.29) is 11.3 Å². The molecule has 37 heavy (non-hydrogen) atoms. The predicted molar refractivity (Wildman–Crippen MR) is 131 cm³/mol. The fourth-order valence-corrected chi connectivity index (χ4v) is 4.64. The van der Waals surface area contributed by atoms with Crippen LogP contribution in [0, 0.1) is 6.92 Å². The van der Waals surface area contributed by atoms with Crippen molar-refractivity contribution in [3.05, 3.63) is 58.5 Å². The molecule has 0 bridgehead atoms. The van der Waals surface area contributed by atoms with E-state index in [2.05, 4.69) is 19.9 Å². The van der Waals surface area contributed by atoms with Gasteiger partial charge >= 0.3 is 11.9 Å². The third-order valence-electron chi connectivity index (χ3n) is 5.66. The Kier molecular flexibility index (Phi) is 5.79. The number of aliphatic hydroxyl groups is 1. The van der Waals surface area contributed by atoms with Gasteiger partial charge in [-0.2, -0.15) is 13.2 Å². The molecule has 5 rings (SSSR count). The molecule has 5 aromatic heterocycles. The van der Waals surface area contributed by atoms with E-state index in [0.29, 0.717) is 26.9 Å². The normalized spacial score (nSPS) is 12.8. The number of anilines is 1. The first-order valence-corrected chi connectivity index (χ1v) is 11.6. The summed E-state index contributed by atoms with van der Waals surface area (Å²) >= 11 is 1.25. The Morgan fingerprint density at radius 2 is 1.92 bits per heavy atom. The van der Waals surface area contributed by atoms with Crippen molar-refractivity contribution in [3.8, 4) is 16.4 Å². The van der Waals surface area contributed by atoms with Gasteiger partial charge in [0, 0.05) is 24.5 Å². The molecule has 0 saturated carbocycles. The average molecular weight is 530 g/mol. The van der Waals surface area contributed by atoms with Gasteiger partial charge in [0.25, 0.3) is 5.91 Å². The smallest absolute Gasteiger partial charge is 0.384 e. The Balaban J connectivity index is 1.75. The van der Waals surface area contributed by atoms with E-state index in [4.69, 9.17) is 0 Å². The summed E-state index contributed by atoms with van der Waals surface area (Å²) in [5.74, 6) is -1.35. The molecule has 1 amide bonds. The number of carbonyl (C=O) groups excluding carboxylic acids is 1. The number of halogens is 3. The number of amides is 1. The molecule has 1 atom stereocenters. The van der Waals surface area contributed by atoms with Crippen LogP contribution in [0.4, 0.5) is 18.9 Å². The Morgan fingerprint density at radius 1 is 1.16 bits per heavy atom. The number of aromatic nitrogens is 6. The van der Waals surface area contributed by atoms with Crippen LogP contribution in [0.25, 0.3) is 37.8 Å². The molecule has 1 unspecified atom stereocenters. The quantitative estimate of drug-likeness (QED) is 0.365. The fourth-order valence-electron chi connectivity index (χ4n) is 3.74. The molecule has 0 aromatic carbocycles. The number of aliphatic hydroxyl groups excluding tert-OH is 1. The molecule has 0 aliphatic heterocycles. The van der Waals surface area contributed by atoms with Crippen LogP contribution in [0.2, 0.25) is 0 Å². The number of fused-ring (bicyclic) bond motifs is 3. The van der Waals surface area contributed by atoms with Crippen molar-refractivity contribution in [2.24, 2.45) is 7.05 Å². The maximum atomic E-state index is 13.9. The van der Waals surface area contributed by atoms with Crippen LogP contribution >= 0.6 is 11.3 Å². The van der Waals surface area contributed by atoms with Crippen molar-refractivity contribution < 1.29 is 23.1 Å². The molecule has 0 spiro atoms. The van der Waals surface area contributed by atoms with Crippen molar-refractivity contribution in [2.75, 3.05) is 5.32 Å². The number of carbonyl (C=O) groups is 1. The first-order chi connectivity index (χ1) is 17.5. The lowest BCUT2D eigenvalue weighted by molar-refractivity contribution is -0.137. The Morgan fingerprint density at radius 3 is 2.57 bits per heavy atom. The van der Waals surface area contributed by atoms with Crippen LogP contribution in [0.1, 0.15) is 18.2 Å². The van der Waals surface area contributed by atoms with Crippen LogP contribution in [0.5, 0.6) is 0 Å². The van der Waals surface area contributed by atoms with E-state index in [9.17, 15) is 27.9 Å². The number of pyridine rings is 3. The zero-order valence-corrected chi connectivity index (χ0v) is 20.3. The molecule has 2 N–H and O–H groups in total. The van der Waals surface area contributed by atoms with Crippen molar-refractivity contribution in [1.82, 2.24) is 29.1 Å². The third-order valence-corrected chi connectivity index (χ3v) is 6.68. The second kappa shape index (κ2) is 8.74. The van der Waals surface area contributed by atoms with Crippen LogP contribution in [0.3, 0.4) is 0 Å². The summed E-state index contributed by atoms with van der Waals surface area (Å²) in [5.41, 5.74) is -0.0887. The van der Waals surface area contributed by atoms with Gasteiger partial charge in [0.15, 0.2) is 0 Å². The van der Waals surface area contributed by atoms with Crippen molar-refractivity contribution in [1.29, 1.82) is 0 Å². The number of hydrogen-bond acceptors (Lipinski definition) is 8. The van der Waals surface area contributed by atoms with Gasteiger partial charge < -0.3 is 10.4 Å². The van der Waals surface area contributed by atoms with Crippen molar-refractivity contribution >= 4 is 44.3 Å². The highest BCUT2D eigenvalue weighted by Gasteiger charge is 2.35. The van der Waals surface area contributed by atoms with E-state index in [1.807, 2.05) is 24.4 Å². The summed E-state index contributed by atoms with van der Waals surface area (Å²) < 4.78 is 44.1. The van der Waals surface area contributed by atoms with E-state index in [1.54, 1.807) is 6.20 Å². The molecule has 0 aliphatic rings. The maximum absolute atomic E-state index is 13.9. The second-order valence-electron chi connectivity index (χ2n) is 8.28. The minimum atomic E-state index is -4.89. The topological polar surface area (TPSA) is 128 Å². The van der Waals surface area contributed by atoms with E-state index in [1.165, 1.54) is 29.1 Å². The number of alkyl halides is 3. The van der Waals surface area contributed by atoms with Gasteiger partial charge in [0.05, 0.1) is 29.2 Å². The van der Waals surface area contributed by atoms with Crippen molar-refractivity contribution in [2.45, 2.75) is 26.1 Å². The average Bonchev–Trinajstić information content (AvgIpc) is 3.38. The number of aryl methyl sites for hydroxylation is 2. The van der Waals surface area contributed by atoms with Gasteiger partial charge in [-0.05, 0) is 32.0 Å². The standard InChI is InChI=1S/C23H18F3N7O3S/c1-10-4-5-12(7-27-10)20-31-17-18-15(9-29-21(17)37-20)32(3)22(36)33(18)16-6-13(23(24,25)26)14(8-28-16)30-19(35)11(2)34/h4-9,11,34H,1-3H3,(H,30,35). The minimum Gasteiger partial charge on any atom is -0.384 e. The Bertz CT molecular complexity index is 1740. The van der Waals surface area contributed by atoms with Crippen LogP contribution in [-0.2, 0) is 18.0 Å².